The first-order valence-corrected chi connectivity index (χ1v) is 4.50. The molecule has 0 aliphatic carbocycles. The summed E-state index contributed by atoms with van der Waals surface area (Å²) in [6, 6.07) is 1.89. The van der Waals surface area contributed by atoms with Crippen LogP contribution in [0.3, 0.4) is 0 Å². The van der Waals surface area contributed by atoms with Gasteiger partial charge in [-0.25, -0.2) is 9.89 Å². The first kappa shape index (κ1) is 7.78. The molecule has 0 radical (unpaired) electrons. The number of nitrogens with zero attached hydrogens (tertiary/aromatic N) is 2. The molecular formula is C7H6IN3O. The van der Waals surface area contributed by atoms with E-state index in [4.69, 9.17) is 0 Å². The number of aryl methyl sites for hydroxylation is 1. The smallest absolute Gasteiger partial charge is 0.250 e. The summed E-state index contributed by atoms with van der Waals surface area (Å²) in [5.74, 6) is 0. The molecule has 2 heterocycles. The molecule has 0 atom stereocenters. The number of hydrogen-bond donors (Lipinski definition) is 1. The van der Waals surface area contributed by atoms with E-state index in [2.05, 4.69) is 32.8 Å². The predicted molar refractivity (Wildman–Crippen MR) is 53.3 cm³/mol. The molecule has 0 aliphatic rings. The van der Waals surface area contributed by atoms with E-state index in [1.807, 2.05) is 13.0 Å². The van der Waals surface area contributed by atoms with Crippen molar-refractivity contribution in [1.82, 2.24) is 14.6 Å². The summed E-state index contributed by atoms with van der Waals surface area (Å²) in [5, 5.41) is 6.30. The monoisotopic (exact) mass is 275 g/mol. The Bertz CT molecular complexity index is 485. The summed E-state index contributed by atoms with van der Waals surface area (Å²) in [7, 11) is 0. The van der Waals surface area contributed by atoms with E-state index < -0.39 is 0 Å². The van der Waals surface area contributed by atoms with Crippen LogP contribution in [0.1, 0.15) is 5.56 Å². The van der Waals surface area contributed by atoms with E-state index in [0.29, 0.717) is 5.65 Å². The van der Waals surface area contributed by atoms with Crippen molar-refractivity contribution < 1.29 is 0 Å². The quantitative estimate of drug-likeness (QED) is 0.727. The number of aromatic nitrogens is 3. The van der Waals surface area contributed by atoms with Gasteiger partial charge in [-0.15, -0.1) is 0 Å². The van der Waals surface area contributed by atoms with Gasteiger partial charge in [-0.3, -0.25) is 4.40 Å². The number of aromatic amines is 1. The second kappa shape index (κ2) is 2.58. The maximum atomic E-state index is 11.1. The first-order valence-electron chi connectivity index (χ1n) is 3.42. The standard InChI is InChI=1S/C7H6IN3O/c1-4-5(8)2-3-11-6(4)9-10-7(11)12/h2-3H,1H3,(H,10,12). The maximum absolute atomic E-state index is 11.1. The zero-order chi connectivity index (χ0) is 8.72. The molecule has 0 amide bonds. The Hall–Kier alpha value is -0.850. The number of hydrogen-bond acceptors (Lipinski definition) is 2. The molecule has 0 fully saturated rings. The second-order valence-corrected chi connectivity index (χ2v) is 3.67. The van der Waals surface area contributed by atoms with Gasteiger partial charge < -0.3 is 0 Å². The summed E-state index contributed by atoms with van der Waals surface area (Å²) in [5.41, 5.74) is 1.54. The Morgan fingerprint density at radius 3 is 3.17 bits per heavy atom. The molecule has 0 spiro atoms. The lowest BCUT2D eigenvalue weighted by Crippen LogP contribution is -2.09. The normalized spacial score (nSPS) is 10.8. The van der Waals surface area contributed by atoms with E-state index in [-0.39, 0.29) is 5.69 Å². The molecule has 1 N–H and O–H groups in total. The van der Waals surface area contributed by atoms with Crippen molar-refractivity contribution in [3.05, 3.63) is 31.9 Å². The Morgan fingerprint density at radius 2 is 2.42 bits per heavy atom. The third-order valence-corrected chi connectivity index (χ3v) is 2.94. The lowest BCUT2D eigenvalue weighted by Gasteiger charge is -1.97. The van der Waals surface area contributed by atoms with Crippen LogP contribution in [0.2, 0.25) is 0 Å². The van der Waals surface area contributed by atoms with Crippen molar-refractivity contribution in [1.29, 1.82) is 0 Å². The van der Waals surface area contributed by atoms with Crippen LogP contribution in [-0.4, -0.2) is 14.6 Å². The number of H-pyrrole nitrogens is 1. The first-order chi connectivity index (χ1) is 5.70. The summed E-state index contributed by atoms with van der Waals surface area (Å²) >= 11 is 2.21. The molecule has 0 aromatic carbocycles. The molecule has 0 saturated heterocycles. The minimum atomic E-state index is -0.190. The molecule has 2 rings (SSSR count). The molecule has 62 valence electrons. The van der Waals surface area contributed by atoms with Crippen molar-refractivity contribution in [3.63, 3.8) is 0 Å². The lowest BCUT2D eigenvalue weighted by molar-refractivity contribution is 1.02. The predicted octanol–water partition coefficient (Wildman–Crippen LogP) is 0.936. The second-order valence-electron chi connectivity index (χ2n) is 2.51. The highest BCUT2D eigenvalue weighted by molar-refractivity contribution is 14.1. The highest BCUT2D eigenvalue weighted by Crippen LogP contribution is 2.12. The van der Waals surface area contributed by atoms with Crippen LogP contribution in [0.25, 0.3) is 5.65 Å². The molecule has 0 unspecified atom stereocenters. The molecule has 2 aromatic heterocycles. The molecule has 5 heteroatoms. The van der Waals surface area contributed by atoms with Gasteiger partial charge in [0.15, 0.2) is 5.65 Å². The number of fused-ring (bicyclic) bond motifs is 1. The minimum Gasteiger partial charge on any atom is -0.250 e. The van der Waals surface area contributed by atoms with Gasteiger partial charge in [-0.1, -0.05) is 0 Å². The van der Waals surface area contributed by atoms with Gasteiger partial charge in [-0.2, -0.15) is 5.10 Å². The van der Waals surface area contributed by atoms with E-state index in [0.717, 1.165) is 9.13 Å². The maximum Gasteiger partial charge on any atom is 0.347 e. The van der Waals surface area contributed by atoms with Crippen LogP contribution >= 0.6 is 22.6 Å². The van der Waals surface area contributed by atoms with Gasteiger partial charge in [-0.05, 0) is 35.6 Å². The van der Waals surface area contributed by atoms with Crippen LogP contribution in [0, 0.1) is 10.5 Å². The fraction of sp³-hybridized carbons (Fsp3) is 0.143. The summed E-state index contributed by atoms with van der Waals surface area (Å²) in [4.78, 5) is 11.1. The molecular weight excluding hydrogens is 269 g/mol. The van der Waals surface area contributed by atoms with Crippen LogP contribution in [0.15, 0.2) is 17.1 Å². The lowest BCUT2D eigenvalue weighted by atomic mass is 10.3. The van der Waals surface area contributed by atoms with Gasteiger partial charge in [0.05, 0.1) is 0 Å². The van der Waals surface area contributed by atoms with Gasteiger partial charge in [0.2, 0.25) is 0 Å². The van der Waals surface area contributed by atoms with Crippen LogP contribution in [0.5, 0.6) is 0 Å². The van der Waals surface area contributed by atoms with E-state index >= 15 is 0 Å². The van der Waals surface area contributed by atoms with Crippen LogP contribution in [-0.2, 0) is 0 Å². The number of nitrogens with one attached hydrogen (secondary N) is 1. The minimum absolute atomic E-state index is 0.190. The van der Waals surface area contributed by atoms with E-state index in [9.17, 15) is 4.79 Å². The number of halogens is 1. The van der Waals surface area contributed by atoms with Crippen molar-refractivity contribution >= 4 is 28.2 Å². The van der Waals surface area contributed by atoms with E-state index in [1.165, 1.54) is 4.40 Å². The number of pyridine rings is 1. The molecule has 0 aliphatic heterocycles. The highest BCUT2D eigenvalue weighted by atomic mass is 127. The van der Waals surface area contributed by atoms with Crippen molar-refractivity contribution in [2.75, 3.05) is 0 Å². The fourth-order valence-electron chi connectivity index (χ4n) is 1.08. The van der Waals surface area contributed by atoms with Crippen molar-refractivity contribution in [2.24, 2.45) is 0 Å². The van der Waals surface area contributed by atoms with Gasteiger partial charge in [0.1, 0.15) is 0 Å². The zero-order valence-corrected chi connectivity index (χ0v) is 8.49. The van der Waals surface area contributed by atoms with Crippen LogP contribution in [0.4, 0.5) is 0 Å². The number of rotatable bonds is 0. The van der Waals surface area contributed by atoms with Gasteiger partial charge in [0, 0.05) is 15.3 Å². The average Bonchev–Trinajstić information content (AvgIpc) is 2.41. The Balaban J connectivity index is 3.02. The summed E-state index contributed by atoms with van der Waals surface area (Å²) < 4.78 is 2.61. The topological polar surface area (TPSA) is 50.2 Å². The zero-order valence-electron chi connectivity index (χ0n) is 6.34. The summed E-state index contributed by atoms with van der Waals surface area (Å²) in [6.45, 7) is 1.94. The fourth-order valence-corrected chi connectivity index (χ4v) is 1.48. The molecule has 12 heavy (non-hydrogen) atoms. The van der Waals surface area contributed by atoms with E-state index in [1.54, 1.807) is 6.20 Å². The molecule has 0 saturated carbocycles. The Morgan fingerprint density at radius 1 is 1.67 bits per heavy atom. The molecule has 4 nitrogen and oxygen atoms in total. The molecule has 0 bridgehead atoms. The Labute approximate surface area is 81.7 Å². The third kappa shape index (κ3) is 0.961. The molecule has 2 aromatic rings. The van der Waals surface area contributed by atoms with Crippen molar-refractivity contribution in [2.45, 2.75) is 6.92 Å². The average molecular weight is 275 g/mol. The highest BCUT2D eigenvalue weighted by Gasteiger charge is 2.04. The van der Waals surface area contributed by atoms with Crippen molar-refractivity contribution in [3.8, 4) is 0 Å². The summed E-state index contributed by atoms with van der Waals surface area (Å²) in [6.07, 6.45) is 1.72. The SMILES string of the molecule is Cc1c(I)ccn2c(=O)[nH]nc12. The van der Waals surface area contributed by atoms with Gasteiger partial charge in [0.25, 0.3) is 0 Å². The van der Waals surface area contributed by atoms with Gasteiger partial charge >= 0.3 is 5.69 Å². The largest absolute Gasteiger partial charge is 0.347 e. The Kier molecular flexibility index (Phi) is 1.67. The third-order valence-electron chi connectivity index (χ3n) is 1.77. The van der Waals surface area contributed by atoms with Crippen LogP contribution < -0.4 is 5.69 Å².